The minimum Gasteiger partial charge on any atom is -0.355 e. The molecule has 0 bridgehead atoms. The summed E-state index contributed by atoms with van der Waals surface area (Å²) < 4.78 is 13.3. The summed E-state index contributed by atoms with van der Waals surface area (Å²) in [4.78, 5) is 25.5. The van der Waals surface area contributed by atoms with E-state index in [2.05, 4.69) is 5.32 Å². The fourth-order valence-corrected chi connectivity index (χ4v) is 2.28. The summed E-state index contributed by atoms with van der Waals surface area (Å²) in [7, 11) is 3.24. The lowest BCUT2D eigenvalue weighted by atomic mass is 10.1. The van der Waals surface area contributed by atoms with E-state index < -0.39 is 5.82 Å². The van der Waals surface area contributed by atoms with Gasteiger partial charge < -0.3 is 10.2 Å². The maximum absolute atomic E-state index is 13.3. The number of hydrogen-bond acceptors (Lipinski definition) is 2. The topological polar surface area (TPSA) is 49.4 Å². The van der Waals surface area contributed by atoms with Gasteiger partial charge in [-0.05, 0) is 42.3 Å². The van der Waals surface area contributed by atoms with E-state index in [-0.39, 0.29) is 11.8 Å². The molecule has 0 saturated heterocycles. The zero-order valence-corrected chi connectivity index (χ0v) is 13.4. The quantitative estimate of drug-likeness (QED) is 0.943. The highest BCUT2D eigenvalue weighted by molar-refractivity contribution is 5.95. The SMILES string of the molecule is CNC(=O)c1ccc(CN(C)C(=O)c2cc(F)ccc2C)cc1. The Hall–Kier alpha value is -2.69. The van der Waals surface area contributed by atoms with Gasteiger partial charge in [0.1, 0.15) is 5.82 Å². The first-order chi connectivity index (χ1) is 10.9. The van der Waals surface area contributed by atoms with Crippen LogP contribution < -0.4 is 5.32 Å². The molecule has 1 N–H and O–H groups in total. The van der Waals surface area contributed by atoms with Gasteiger partial charge in [-0.15, -0.1) is 0 Å². The second-order valence-corrected chi connectivity index (χ2v) is 5.40. The van der Waals surface area contributed by atoms with Crippen LogP contribution in [0.2, 0.25) is 0 Å². The average molecular weight is 314 g/mol. The van der Waals surface area contributed by atoms with Gasteiger partial charge in [-0.2, -0.15) is 0 Å². The third-order valence-electron chi connectivity index (χ3n) is 3.64. The standard InChI is InChI=1S/C18H19FN2O2/c1-12-4-9-15(19)10-16(12)18(23)21(3)11-13-5-7-14(8-6-13)17(22)20-2/h4-10H,11H2,1-3H3,(H,20,22). The second-order valence-electron chi connectivity index (χ2n) is 5.40. The summed E-state index contributed by atoms with van der Waals surface area (Å²) >= 11 is 0. The van der Waals surface area contributed by atoms with E-state index in [4.69, 9.17) is 0 Å². The van der Waals surface area contributed by atoms with Crippen LogP contribution >= 0.6 is 0 Å². The summed E-state index contributed by atoms with van der Waals surface area (Å²) in [5, 5.41) is 2.55. The van der Waals surface area contributed by atoms with Crippen molar-refractivity contribution in [3.05, 3.63) is 70.5 Å². The highest BCUT2D eigenvalue weighted by Gasteiger charge is 2.15. The van der Waals surface area contributed by atoms with Crippen molar-refractivity contribution in [2.75, 3.05) is 14.1 Å². The van der Waals surface area contributed by atoms with Crippen LogP contribution in [-0.4, -0.2) is 30.8 Å². The lowest BCUT2D eigenvalue weighted by Gasteiger charge is -2.18. The molecule has 0 atom stereocenters. The molecule has 23 heavy (non-hydrogen) atoms. The first-order valence-corrected chi connectivity index (χ1v) is 7.25. The molecule has 2 amide bonds. The normalized spacial score (nSPS) is 10.3. The molecular weight excluding hydrogens is 295 g/mol. The molecule has 0 aliphatic rings. The lowest BCUT2D eigenvalue weighted by Crippen LogP contribution is -2.27. The number of carbonyl (C=O) groups excluding carboxylic acids is 2. The van der Waals surface area contributed by atoms with Crippen LogP contribution in [0.5, 0.6) is 0 Å². The highest BCUT2D eigenvalue weighted by atomic mass is 19.1. The third kappa shape index (κ3) is 3.94. The van der Waals surface area contributed by atoms with Gasteiger partial charge in [0.15, 0.2) is 0 Å². The molecule has 0 radical (unpaired) electrons. The van der Waals surface area contributed by atoms with E-state index in [1.807, 2.05) is 0 Å². The number of halogens is 1. The predicted octanol–water partition coefficient (Wildman–Crippen LogP) is 2.77. The third-order valence-corrected chi connectivity index (χ3v) is 3.64. The Bertz CT molecular complexity index is 726. The van der Waals surface area contributed by atoms with Gasteiger partial charge in [0.05, 0.1) is 0 Å². The summed E-state index contributed by atoms with van der Waals surface area (Å²) in [5.74, 6) is -0.823. The van der Waals surface area contributed by atoms with Crippen molar-refractivity contribution in [1.82, 2.24) is 10.2 Å². The van der Waals surface area contributed by atoms with E-state index in [1.165, 1.54) is 17.0 Å². The lowest BCUT2D eigenvalue weighted by molar-refractivity contribution is 0.0783. The molecule has 0 saturated carbocycles. The largest absolute Gasteiger partial charge is 0.355 e. The van der Waals surface area contributed by atoms with E-state index >= 15 is 0 Å². The molecule has 2 rings (SSSR count). The van der Waals surface area contributed by atoms with Crippen LogP contribution in [0.15, 0.2) is 42.5 Å². The van der Waals surface area contributed by atoms with Crippen LogP contribution in [0.25, 0.3) is 0 Å². The molecule has 0 unspecified atom stereocenters. The Morgan fingerprint density at radius 2 is 1.78 bits per heavy atom. The number of aryl methyl sites for hydroxylation is 1. The average Bonchev–Trinajstić information content (AvgIpc) is 2.56. The Balaban J connectivity index is 2.12. The molecule has 0 aliphatic heterocycles. The molecule has 0 aromatic heterocycles. The maximum Gasteiger partial charge on any atom is 0.254 e. The number of nitrogens with one attached hydrogen (secondary N) is 1. The van der Waals surface area contributed by atoms with Gasteiger partial charge >= 0.3 is 0 Å². The van der Waals surface area contributed by atoms with E-state index in [0.717, 1.165) is 11.1 Å². The molecule has 0 spiro atoms. The zero-order chi connectivity index (χ0) is 17.0. The Morgan fingerprint density at radius 1 is 1.13 bits per heavy atom. The van der Waals surface area contributed by atoms with Crippen molar-refractivity contribution in [3.63, 3.8) is 0 Å². The number of amides is 2. The minimum absolute atomic E-state index is 0.156. The number of benzene rings is 2. The number of nitrogens with zero attached hydrogens (tertiary/aromatic N) is 1. The van der Waals surface area contributed by atoms with Gasteiger partial charge in [0, 0.05) is 31.8 Å². The van der Waals surface area contributed by atoms with E-state index in [0.29, 0.717) is 17.7 Å². The molecule has 4 nitrogen and oxygen atoms in total. The number of hydrogen-bond donors (Lipinski definition) is 1. The zero-order valence-electron chi connectivity index (χ0n) is 13.4. The summed E-state index contributed by atoms with van der Waals surface area (Å²) in [6.45, 7) is 2.15. The summed E-state index contributed by atoms with van der Waals surface area (Å²) in [5.41, 5.74) is 2.54. The van der Waals surface area contributed by atoms with Crippen LogP contribution in [0.4, 0.5) is 4.39 Å². The van der Waals surface area contributed by atoms with Crippen LogP contribution in [-0.2, 0) is 6.54 Å². The van der Waals surface area contributed by atoms with Crippen LogP contribution in [0.3, 0.4) is 0 Å². The summed E-state index contributed by atoms with van der Waals surface area (Å²) in [6.07, 6.45) is 0. The Labute approximate surface area is 134 Å². The predicted molar refractivity (Wildman–Crippen MR) is 86.8 cm³/mol. The first kappa shape index (κ1) is 16.7. The van der Waals surface area contributed by atoms with Gasteiger partial charge in [0.25, 0.3) is 11.8 Å². The van der Waals surface area contributed by atoms with Gasteiger partial charge in [-0.3, -0.25) is 9.59 Å². The Kier molecular flexibility index (Phi) is 5.11. The highest BCUT2D eigenvalue weighted by Crippen LogP contribution is 2.14. The molecule has 0 fully saturated rings. The van der Waals surface area contributed by atoms with Crippen molar-refractivity contribution in [1.29, 1.82) is 0 Å². The molecule has 2 aromatic rings. The number of rotatable bonds is 4. The smallest absolute Gasteiger partial charge is 0.254 e. The van der Waals surface area contributed by atoms with Gasteiger partial charge in [-0.1, -0.05) is 18.2 Å². The molecule has 0 aliphatic carbocycles. The van der Waals surface area contributed by atoms with E-state index in [9.17, 15) is 14.0 Å². The van der Waals surface area contributed by atoms with Crippen LogP contribution in [0.1, 0.15) is 31.8 Å². The minimum atomic E-state index is -0.428. The van der Waals surface area contributed by atoms with Gasteiger partial charge in [-0.25, -0.2) is 4.39 Å². The van der Waals surface area contributed by atoms with Gasteiger partial charge in [0.2, 0.25) is 0 Å². The van der Waals surface area contributed by atoms with Crippen molar-refractivity contribution in [3.8, 4) is 0 Å². The van der Waals surface area contributed by atoms with Crippen molar-refractivity contribution in [2.24, 2.45) is 0 Å². The van der Waals surface area contributed by atoms with Crippen LogP contribution in [0, 0.1) is 12.7 Å². The Morgan fingerprint density at radius 3 is 2.39 bits per heavy atom. The number of carbonyl (C=O) groups is 2. The fraction of sp³-hybridized carbons (Fsp3) is 0.222. The van der Waals surface area contributed by atoms with Crippen molar-refractivity contribution >= 4 is 11.8 Å². The molecule has 2 aromatic carbocycles. The maximum atomic E-state index is 13.3. The first-order valence-electron chi connectivity index (χ1n) is 7.25. The van der Waals surface area contributed by atoms with Crippen molar-refractivity contribution in [2.45, 2.75) is 13.5 Å². The molecular formula is C18H19FN2O2. The monoisotopic (exact) mass is 314 g/mol. The molecule has 120 valence electrons. The molecule has 0 heterocycles. The van der Waals surface area contributed by atoms with Crippen molar-refractivity contribution < 1.29 is 14.0 Å². The van der Waals surface area contributed by atoms with E-state index in [1.54, 1.807) is 51.4 Å². The fourth-order valence-electron chi connectivity index (χ4n) is 2.28. The molecule has 5 heteroatoms. The summed E-state index contributed by atoms with van der Waals surface area (Å²) in [6, 6.07) is 11.2. The second kappa shape index (κ2) is 7.05.